The Balaban J connectivity index is 3.91. The zero-order valence-corrected chi connectivity index (χ0v) is 5.07. The van der Waals surface area contributed by atoms with Crippen molar-refractivity contribution in [2.24, 2.45) is 0 Å². The van der Waals surface area contributed by atoms with E-state index in [4.69, 9.17) is 16.7 Å². The van der Waals surface area contributed by atoms with Crippen LogP contribution in [0.3, 0.4) is 0 Å². The van der Waals surface area contributed by atoms with E-state index in [9.17, 15) is 9.18 Å². The summed E-state index contributed by atoms with van der Waals surface area (Å²) in [7, 11) is 0. The van der Waals surface area contributed by atoms with Gasteiger partial charge in [0.05, 0.1) is 5.88 Å². The Morgan fingerprint density at radius 3 is 2.38 bits per heavy atom. The summed E-state index contributed by atoms with van der Waals surface area (Å²) in [6.45, 7) is 0.919. The summed E-state index contributed by atoms with van der Waals surface area (Å²) in [5.41, 5.74) is -2.28. The number of hydrogen-bond acceptors (Lipinski definition) is 1. The van der Waals surface area contributed by atoms with Gasteiger partial charge >= 0.3 is 5.97 Å². The maximum atomic E-state index is 12.2. The number of carboxylic acid groups (broad SMARTS) is 1. The predicted octanol–water partition coefficient (Wildman–Crippen LogP) is 1.04. The van der Waals surface area contributed by atoms with E-state index in [1.54, 1.807) is 0 Å². The molecule has 0 spiro atoms. The fourth-order valence-electron chi connectivity index (χ4n) is 0.0572. The number of rotatable bonds is 2. The molecule has 0 fully saturated rings. The van der Waals surface area contributed by atoms with Crippen LogP contribution in [0.1, 0.15) is 6.92 Å². The van der Waals surface area contributed by atoms with Crippen molar-refractivity contribution in [3.63, 3.8) is 0 Å². The quantitative estimate of drug-likeness (QED) is 0.582. The summed E-state index contributed by atoms with van der Waals surface area (Å²) >= 11 is 4.93. The Bertz CT molecular complexity index is 102. The molecule has 0 aliphatic rings. The van der Waals surface area contributed by atoms with E-state index in [0.29, 0.717) is 0 Å². The van der Waals surface area contributed by atoms with Crippen LogP contribution in [0.5, 0.6) is 0 Å². The molecule has 0 bridgehead atoms. The van der Waals surface area contributed by atoms with Crippen molar-refractivity contribution >= 4 is 17.6 Å². The topological polar surface area (TPSA) is 37.3 Å². The van der Waals surface area contributed by atoms with Crippen LogP contribution in [-0.2, 0) is 4.79 Å². The van der Waals surface area contributed by atoms with Crippen molar-refractivity contribution in [3.8, 4) is 0 Å². The maximum absolute atomic E-state index is 12.2. The first kappa shape index (κ1) is 7.69. The molecule has 4 heteroatoms. The van der Waals surface area contributed by atoms with Gasteiger partial charge in [-0.05, 0) is 6.92 Å². The molecule has 0 saturated heterocycles. The Labute approximate surface area is 51.3 Å². The second-order valence-corrected chi connectivity index (χ2v) is 1.90. The van der Waals surface area contributed by atoms with E-state index < -0.39 is 17.5 Å². The lowest BCUT2D eigenvalue weighted by atomic mass is 10.2. The van der Waals surface area contributed by atoms with Gasteiger partial charge in [-0.1, -0.05) is 0 Å². The fourth-order valence-corrected chi connectivity index (χ4v) is 0.171. The van der Waals surface area contributed by atoms with Crippen LogP contribution in [0.4, 0.5) is 4.39 Å². The smallest absolute Gasteiger partial charge is 0.342 e. The Hall–Kier alpha value is -0.310. The molecule has 1 N–H and O–H groups in total. The fraction of sp³-hybridized carbons (Fsp3) is 0.750. The van der Waals surface area contributed by atoms with Crippen molar-refractivity contribution < 1.29 is 14.3 Å². The average Bonchev–Trinajstić information content (AvgIpc) is 1.67. The lowest BCUT2D eigenvalue weighted by Crippen LogP contribution is -2.31. The number of halogens is 2. The first-order chi connectivity index (χ1) is 3.50. The molecule has 0 aromatic rings. The largest absolute Gasteiger partial charge is 0.479 e. The van der Waals surface area contributed by atoms with Gasteiger partial charge in [0.2, 0.25) is 5.67 Å². The Morgan fingerprint density at radius 1 is 2.00 bits per heavy atom. The summed E-state index contributed by atoms with van der Waals surface area (Å²) < 4.78 is 12.2. The SMILES string of the molecule is CC(F)(CCl)C(=O)O. The predicted molar refractivity (Wildman–Crippen MR) is 27.9 cm³/mol. The van der Waals surface area contributed by atoms with Crippen LogP contribution in [0.25, 0.3) is 0 Å². The molecule has 0 aliphatic carbocycles. The van der Waals surface area contributed by atoms with E-state index in [2.05, 4.69) is 0 Å². The summed E-state index contributed by atoms with van der Waals surface area (Å²) in [4.78, 5) is 9.79. The third kappa shape index (κ3) is 1.66. The normalized spacial score (nSPS) is 17.4. The molecular formula is C4H6ClFO2. The summed E-state index contributed by atoms with van der Waals surface area (Å²) in [6, 6.07) is 0. The van der Waals surface area contributed by atoms with Gasteiger partial charge in [0.1, 0.15) is 0 Å². The molecule has 48 valence electrons. The highest BCUT2D eigenvalue weighted by atomic mass is 35.5. The molecule has 0 saturated carbocycles. The second kappa shape index (κ2) is 2.31. The number of carbonyl (C=O) groups is 1. The molecule has 0 aromatic carbocycles. The zero-order valence-electron chi connectivity index (χ0n) is 4.32. The van der Waals surface area contributed by atoms with Gasteiger partial charge in [-0.25, -0.2) is 9.18 Å². The zero-order chi connectivity index (χ0) is 6.78. The Kier molecular flexibility index (Phi) is 2.22. The molecule has 1 atom stereocenters. The number of carboxylic acids is 1. The van der Waals surface area contributed by atoms with Crippen molar-refractivity contribution in [3.05, 3.63) is 0 Å². The molecule has 0 heterocycles. The molecule has 0 rings (SSSR count). The van der Waals surface area contributed by atoms with E-state index >= 15 is 0 Å². The molecule has 0 aliphatic heterocycles. The van der Waals surface area contributed by atoms with E-state index in [1.165, 1.54) is 0 Å². The van der Waals surface area contributed by atoms with Gasteiger partial charge in [-0.3, -0.25) is 0 Å². The highest BCUT2D eigenvalue weighted by Crippen LogP contribution is 2.11. The summed E-state index contributed by atoms with van der Waals surface area (Å²) in [5, 5.41) is 7.98. The van der Waals surface area contributed by atoms with Crippen molar-refractivity contribution in [2.75, 3.05) is 5.88 Å². The van der Waals surface area contributed by atoms with E-state index in [-0.39, 0.29) is 0 Å². The van der Waals surface area contributed by atoms with Crippen LogP contribution in [0, 0.1) is 0 Å². The molecule has 0 radical (unpaired) electrons. The van der Waals surface area contributed by atoms with Gasteiger partial charge in [0, 0.05) is 0 Å². The number of alkyl halides is 2. The second-order valence-electron chi connectivity index (χ2n) is 1.64. The third-order valence-corrected chi connectivity index (χ3v) is 1.20. The summed E-state index contributed by atoms with van der Waals surface area (Å²) in [6.07, 6.45) is 0. The number of aliphatic carboxylic acids is 1. The monoisotopic (exact) mass is 140 g/mol. The maximum Gasteiger partial charge on any atom is 0.342 e. The average molecular weight is 141 g/mol. The Morgan fingerprint density at radius 2 is 2.38 bits per heavy atom. The standard InChI is InChI=1S/C4H6ClFO2/c1-4(6,2-5)3(7)8/h2H2,1H3,(H,7,8). The minimum absolute atomic E-state index is 0.512. The van der Waals surface area contributed by atoms with Crippen LogP contribution in [0.2, 0.25) is 0 Å². The van der Waals surface area contributed by atoms with Crippen molar-refractivity contribution in [1.29, 1.82) is 0 Å². The van der Waals surface area contributed by atoms with Crippen LogP contribution >= 0.6 is 11.6 Å². The first-order valence-electron chi connectivity index (χ1n) is 1.99. The third-order valence-electron chi connectivity index (χ3n) is 0.697. The number of hydrogen-bond donors (Lipinski definition) is 1. The minimum Gasteiger partial charge on any atom is -0.479 e. The van der Waals surface area contributed by atoms with Gasteiger partial charge in [-0.2, -0.15) is 0 Å². The minimum atomic E-state index is -2.28. The molecule has 1 unspecified atom stereocenters. The van der Waals surface area contributed by atoms with E-state index in [0.717, 1.165) is 6.92 Å². The lowest BCUT2D eigenvalue weighted by Gasteiger charge is -2.08. The molecule has 2 nitrogen and oxygen atoms in total. The van der Waals surface area contributed by atoms with Gasteiger partial charge < -0.3 is 5.11 Å². The summed E-state index contributed by atoms with van der Waals surface area (Å²) in [5.74, 6) is -2.03. The van der Waals surface area contributed by atoms with Crippen LogP contribution in [0.15, 0.2) is 0 Å². The van der Waals surface area contributed by atoms with Crippen LogP contribution < -0.4 is 0 Å². The highest BCUT2D eigenvalue weighted by molar-refractivity contribution is 6.20. The molecule has 8 heavy (non-hydrogen) atoms. The van der Waals surface area contributed by atoms with Gasteiger partial charge in [0.15, 0.2) is 0 Å². The van der Waals surface area contributed by atoms with E-state index in [1.807, 2.05) is 0 Å². The molecular weight excluding hydrogens is 134 g/mol. The van der Waals surface area contributed by atoms with Crippen molar-refractivity contribution in [1.82, 2.24) is 0 Å². The molecule has 0 aromatic heterocycles. The van der Waals surface area contributed by atoms with Gasteiger partial charge in [-0.15, -0.1) is 11.6 Å². The lowest BCUT2D eigenvalue weighted by molar-refractivity contribution is -0.148. The van der Waals surface area contributed by atoms with Crippen LogP contribution in [-0.4, -0.2) is 22.6 Å². The highest BCUT2D eigenvalue weighted by Gasteiger charge is 2.31. The first-order valence-corrected chi connectivity index (χ1v) is 2.52. The van der Waals surface area contributed by atoms with Crippen molar-refractivity contribution in [2.45, 2.75) is 12.6 Å². The van der Waals surface area contributed by atoms with Gasteiger partial charge in [0.25, 0.3) is 0 Å². The molecule has 0 amide bonds.